The van der Waals surface area contributed by atoms with E-state index in [1.54, 1.807) is 19.2 Å². The first kappa shape index (κ1) is 15.0. The van der Waals surface area contributed by atoms with Crippen molar-refractivity contribution in [3.05, 3.63) is 35.7 Å². The molecule has 2 heterocycles. The van der Waals surface area contributed by atoms with Gasteiger partial charge in [-0.05, 0) is 18.6 Å². The Balaban J connectivity index is 1.79. The van der Waals surface area contributed by atoms with Crippen LogP contribution >= 0.6 is 0 Å². The average molecular weight is 289 g/mol. The third-order valence-electron chi connectivity index (χ3n) is 2.78. The number of carbonyl (C=O) groups excluding carboxylic acids is 1. The van der Waals surface area contributed by atoms with Crippen LogP contribution in [0.1, 0.15) is 35.5 Å². The number of nitrogens with zero attached hydrogens (tertiary/aromatic N) is 3. The van der Waals surface area contributed by atoms with E-state index < -0.39 is 0 Å². The van der Waals surface area contributed by atoms with Crippen LogP contribution in [-0.4, -0.2) is 34.1 Å². The third-order valence-corrected chi connectivity index (χ3v) is 2.78. The van der Waals surface area contributed by atoms with Crippen molar-refractivity contribution in [3.8, 4) is 0 Å². The molecule has 0 fully saturated rings. The third kappa shape index (κ3) is 4.55. The van der Waals surface area contributed by atoms with Crippen LogP contribution in [0.5, 0.6) is 0 Å². The Morgan fingerprint density at radius 2 is 2.19 bits per heavy atom. The van der Waals surface area contributed by atoms with Crippen LogP contribution in [0.25, 0.3) is 0 Å². The molecule has 21 heavy (non-hydrogen) atoms. The molecule has 7 nitrogen and oxygen atoms in total. The number of hydrogen-bond acceptors (Lipinski definition) is 6. The minimum Gasteiger partial charge on any atom is -0.384 e. The number of carbonyl (C=O) groups is 1. The molecule has 0 saturated heterocycles. The average Bonchev–Trinajstić information content (AvgIpc) is 2.91. The van der Waals surface area contributed by atoms with Gasteiger partial charge in [0.25, 0.3) is 5.91 Å². The molecule has 1 amide bonds. The highest BCUT2D eigenvalue weighted by molar-refractivity contribution is 5.92. The molecule has 2 aromatic rings. The highest BCUT2D eigenvalue weighted by atomic mass is 16.5. The van der Waals surface area contributed by atoms with E-state index in [2.05, 4.69) is 32.7 Å². The second-order valence-electron chi connectivity index (χ2n) is 4.59. The molecule has 0 radical (unpaired) electrons. The second-order valence-corrected chi connectivity index (χ2v) is 4.59. The lowest BCUT2D eigenvalue weighted by atomic mass is 10.3. The largest absolute Gasteiger partial charge is 0.384 e. The van der Waals surface area contributed by atoms with Crippen LogP contribution in [0.2, 0.25) is 0 Å². The van der Waals surface area contributed by atoms with Crippen molar-refractivity contribution in [2.45, 2.75) is 26.7 Å². The molecule has 0 spiro atoms. The minimum atomic E-state index is -0.211. The van der Waals surface area contributed by atoms with Gasteiger partial charge in [0.05, 0.1) is 11.9 Å². The molecule has 7 heteroatoms. The number of hydrogen-bond donors (Lipinski definition) is 2. The summed E-state index contributed by atoms with van der Waals surface area (Å²) in [7, 11) is 0. The SMILES string of the molecule is CCCNc1ccc(C(=O)NCCc2noc(C)n2)nc1. The van der Waals surface area contributed by atoms with E-state index in [1.807, 2.05) is 6.07 Å². The molecule has 0 atom stereocenters. The lowest BCUT2D eigenvalue weighted by molar-refractivity contribution is 0.0949. The lowest BCUT2D eigenvalue weighted by Crippen LogP contribution is -2.26. The first-order valence-electron chi connectivity index (χ1n) is 6.96. The molecule has 2 aromatic heterocycles. The minimum absolute atomic E-state index is 0.211. The van der Waals surface area contributed by atoms with Gasteiger partial charge in [-0.3, -0.25) is 4.79 Å². The summed E-state index contributed by atoms with van der Waals surface area (Å²) in [6.07, 6.45) is 3.23. The van der Waals surface area contributed by atoms with Gasteiger partial charge in [0, 0.05) is 26.4 Å². The lowest BCUT2D eigenvalue weighted by Gasteiger charge is -2.06. The maximum atomic E-state index is 11.9. The second kappa shape index (κ2) is 7.37. The predicted octanol–water partition coefficient (Wildman–Crippen LogP) is 1.57. The standard InChI is InChI=1S/C14H19N5O2/c1-3-7-15-11-4-5-12(17-9-11)14(20)16-8-6-13-18-10(2)21-19-13/h4-5,9,15H,3,6-8H2,1-2H3,(H,16,20). The number of aryl methyl sites for hydroxylation is 1. The Hall–Kier alpha value is -2.44. The van der Waals surface area contributed by atoms with Gasteiger partial charge in [0.15, 0.2) is 5.82 Å². The van der Waals surface area contributed by atoms with Gasteiger partial charge in [-0.15, -0.1) is 0 Å². The van der Waals surface area contributed by atoms with Gasteiger partial charge < -0.3 is 15.2 Å². The monoisotopic (exact) mass is 289 g/mol. The first-order chi connectivity index (χ1) is 10.2. The van der Waals surface area contributed by atoms with E-state index >= 15 is 0 Å². The summed E-state index contributed by atoms with van der Waals surface area (Å²) in [6, 6.07) is 3.55. The topological polar surface area (TPSA) is 92.9 Å². The Bertz CT molecular complexity index is 579. The summed E-state index contributed by atoms with van der Waals surface area (Å²) in [6.45, 7) is 5.15. The van der Waals surface area contributed by atoms with Gasteiger partial charge in [0.2, 0.25) is 5.89 Å². The van der Waals surface area contributed by atoms with E-state index in [0.717, 1.165) is 18.7 Å². The van der Waals surface area contributed by atoms with Crippen LogP contribution in [0.3, 0.4) is 0 Å². The van der Waals surface area contributed by atoms with E-state index in [9.17, 15) is 4.79 Å². The summed E-state index contributed by atoms with van der Waals surface area (Å²) in [4.78, 5) is 20.1. The maximum Gasteiger partial charge on any atom is 0.269 e. The van der Waals surface area contributed by atoms with Crippen LogP contribution in [0.4, 0.5) is 5.69 Å². The zero-order valence-electron chi connectivity index (χ0n) is 12.2. The van der Waals surface area contributed by atoms with Gasteiger partial charge >= 0.3 is 0 Å². The Kier molecular flexibility index (Phi) is 5.25. The van der Waals surface area contributed by atoms with Crippen molar-refractivity contribution in [2.75, 3.05) is 18.4 Å². The number of pyridine rings is 1. The zero-order chi connectivity index (χ0) is 15.1. The smallest absolute Gasteiger partial charge is 0.269 e. The molecule has 2 N–H and O–H groups in total. The molecule has 2 rings (SSSR count). The molecular weight excluding hydrogens is 270 g/mol. The van der Waals surface area contributed by atoms with Crippen LogP contribution in [0.15, 0.2) is 22.9 Å². The van der Waals surface area contributed by atoms with Crippen molar-refractivity contribution < 1.29 is 9.32 Å². The molecule has 0 bridgehead atoms. The highest BCUT2D eigenvalue weighted by Gasteiger charge is 2.08. The Morgan fingerprint density at radius 3 is 2.81 bits per heavy atom. The Labute approximate surface area is 123 Å². The molecular formula is C14H19N5O2. The summed E-state index contributed by atoms with van der Waals surface area (Å²) < 4.78 is 4.86. The quantitative estimate of drug-likeness (QED) is 0.803. The van der Waals surface area contributed by atoms with Crippen LogP contribution in [-0.2, 0) is 6.42 Å². The van der Waals surface area contributed by atoms with Crippen molar-refractivity contribution in [1.82, 2.24) is 20.4 Å². The number of amides is 1. The molecule has 0 aromatic carbocycles. The van der Waals surface area contributed by atoms with Crippen molar-refractivity contribution in [3.63, 3.8) is 0 Å². The van der Waals surface area contributed by atoms with Crippen molar-refractivity contribution in [1.29, 1.82) is 0 Å². The predicted molar refractivity (Wildman–Crippen MR) is 78.1 cm³/mol. The summed E-state index contributed by atoms with van der Waals surface area (Å²) in [5.41, 5.74) is 1.30. The summed E-state index contributed by atoms with van der Waals surface area (Å²) in [5, 5.41) is 9.75. The fraction of sp³-hybridized carbons (Fsp3) is 0.429. The maximum absolute atomic E-state index is 11.9. The van der Waals surface area contributed by atoms with Gasteiger partial charge in [-0.25, -0.2) is 4.98 Å². The molecule has 0 aliphatic rings. The van der Waals surface area contributed by atoms with Crippen LogP contribution in [0, 0.1) is 6.92 Å². The number of anilines is 1. The number of rotatable bonds is 7. The molecule has 0 aliphatic heterocycles. The molecule has 0 unspecified atom stereocenters. The number of nitrogens with one attached hydrogen (secondary N) is 2. The van der Waals surface area contributed by atoms with Gasteiger partial charge in [0.1, 0.15) is 5.69 Å². The van der Waals surface area contributed by atoms with Gasteiger partial charge in [-0.2, -0.15) is 4.98 Å². The van der Waals surface area contributed by atoms with Crippen molar-refractivity contribution in [2.24, 2.45) is 0 Å². The van der Waals surface area contributed by atoms with Gasteiger partial charge in [-0.1, -0.05) is 12.1 Å². The summed E-state index contributed by atoms with van der Waals surface area (Å²) >= 11 is 0. The zero-order valence-corrected chi connectivity index (χ0v) is 12.2. The van der Waals surface area contributed by atoms with E-state index in [4.69, 9.17) is 4.52 Å². The molecule has 112 valence electrons. The van der Waals surface area contributed by atoms with Crippen LogP contribution < -0.4 is 10.6 Å². The van der Waals surface area contributed by atoms with E-state index in [1.165, 1.54) is 0 Å². The Morgan fingerprint density at radius 1 is 1.33 bits per heavy atom. The molecule has 0 saturated carbocycles. The number of aromatic nitrogens is 3. The van der Waals surface area contributed by atoms with E-state index in [0.29, 0.717) is 30.4 Å². The normalized spacial score (nSPS) is 10.4. The first-order valence-corrected chi connectivity index (χ1v) is 6.96. The molecule has 0 aliphatic carbocycles. The fourth-order valence-electron chi connectivity index (χ4n) is 1.72. The highest BCUT2D eigenvalue weighted by Crippen LogP contribution is 2.06. The fourth-order valence-corrected chi connectivity index (χ4v) is 1.72. The van der Waals surface area contributed by atoms with E-state index in [-0.39, 0.29) is 5.91 Å². The van der Waals surface area contributed by atoms with Crippen molar-refractivity contribution >= 4 is 11.6 Å². The summed E-state index contributed by atoms with van der Waals surface area (Å²) in [5.74, 6) is 0.894.